The highest BCUT2D eigenvalue weighted by atomic mass is 35.5. The molecule has 0 radical (unpaired) electrons. The zero-order chi connectivity index (χ0) is 20.2. The van der Waals surface area contributed by atoms with Gasteiger partial charge in [0.15, 0.2) is 11.5 Å². The summed E-state index contributed by atoms with van der Waals surface area (Å²) in [5, 5.41) is 7.20. The monoisotopic (exact) mass is 408 g/mol. The number of hydrogen-bond acceptors (Lipinski definition) is 5. The lowest BCUT2D eigenvalue weighted by atomic mass is 10.1. The molecule has 146 valence electrons. The number of rotatable bonds is 6. The molecule has 29 heavy (non-hydrogen) atoms. The van der Waals surface area contributed by atoms with Crippen LogP contribution in [0.3, 0.4) is 0 Å². The Morgan fingerprint density at radius 3 is 2.76 bits per heavy atom. The third-order valence-electron chi connectivity index (χ3n) is 4.25. The summed E-state index contributed by atoms with van der Waals surface area (Å²) in [4.78, 5) is 16.6. The van der Waals surface area contributed by atoms with Gasteiger partial charge in [0.25, 0.3) is 5.91 Å². The van der Waals surface area contributed by atoms with E-state index in [1.54, 1.807) is 54.7 Å². The van der Waals surface area contributed by atoms with E-state index in [4.69, 9.17) is 20.9 Å². The molecule has 2 aromatic carbocycles. The Labute approximate surface area is 171 Å². The molecule has 1 amide bonds. The predicted octanol–water partition coefficient (Wildman–Crippen LogP) is 4.56. The number of aryl methyl sites for hydroxylation is 1. The van der Waals surface area contributed by atoms with Crippen LogP contribution in [0.25, 0.3) is 11.3 Å². The van der Waals surface area contributed by atoms with Gasteiger partial charge < -0.3 is 19.1 Å². The number of aromatic nitrogens is 3. The Morgan fingerprint density at radius 1 is 1.21 bits per heavy atom. The molecule has 0 aliphatic heterocycles. The fourth-order valence-electron chi connectivity index (χ4n) is 2.67. The molecule has 0 fully saturated rings. The van der Waals surface area contributed by atoms with Gasteiger partial charge in [0, 0.05) is 41.8 Å². The number of hydrogen-bond donors (Lipinski definition) is 1. The van der Waals surface area contributed by atoms with Gasteiger partial charge in [-0.15, -0.1) is 0 Å². The number of carbonyl (C=O) groups is 1. The standard InChI is InChI=1S/C21H17ClN4O3/c1-26-10-9-23-20(26)13-28-17-7-5-16(6-8-17)24-21(27)18-12-19(29-25-18)14-3-2-4-15(22)11-14/h2-12H,13H2,1H3,(H,24,27). The van der Waals surface area contributed by atoms with Crippen molar-refractivity contribution in [1.82, 2.24) is 14.7 Å². The van der Waals surface area contributed by atoms with Crippen molar-refractivity contribution in [3.63, 3.8) is 0 Å². The number of imidazole rings is 1. The van der Waals surface area contributed by atoms with Crippen molar-refractivity contribution >= 4 is 23.2 Å². The predicted molar refractivity (Wildman–Crippen MR) is 109 cm³/mol. The Morgan fingerprint density at radius 2 is 2.03 bits per heavy atom. The molecule has 2 heterocycles. The molecule has 0 aliphatic rings. The second kappa shape index (κ2) is 8.20. The molecule has 7 nitrogen and oxygen atoms in total. The lowest BCUT2D eigenvalue weighted by molar-refractivity contribution is 0.101. The first-order valence-electron chi connectivity index (χ1n) is 8.81. The largest absolute Gasteiger partial charge is 0.486 e. The first-order valence-corrected chi connectivity index (χ1v) is 9.19. The lowest BCUT2D eigenvalue weighted by Crippen LogP contribution is -2.12. The van der Waals surface area contributed by atoms with Gasteiger partial charge in [0.2, 0.25) is 0 Å². The van der Waals surface area contributed by atoms with E-state index in [2.05, 4.69) is 15.5 Å². The van der Waals surface area contributed by atoms with Crippen molar-refractivity contribution in [2.45, 2.75) is 6.61 Å². The summed E-state index contributed by atoms with van der Waals surface area (Å²) in [5.74, 6) is 1.60. The Hall–Kier alpha value is -3.58. The average molecular weight is 409 g/mol. The van der Waals surface area contributed by atoms with E-state index in [0.29, 0.717) is 28.8 Å². The lowest BCUT2D eigenvalue weighted by Gasteiger charge is -2.07. The maximum absolute atomic E-state index is 12.4. The molecule has 0 spiro atoms. The van der Waals surface area contributed by atoms with Crippen LogP contribution < -0.4 is 10.1 Å². The average Bonchev–Trinajstić information content (AvgIpc) is 3.37. The van der Waals surface area contributed by atoms with Crippen LogP contribution in [0, 0.1) is 0 Å². The number of nitrogens with one attached hydrogen (secondary N) is 1. The van der Waals surface area contributed by atoms with Crippen LogP contribution in [0.2, 0.25) is 5.02 Å². The van der Waals surface area contributed by atoms with Gasteiger partial charge in [0.05, 0.1) is 0 Å². The van der Waals surface area contributed by atoms with Gasteiger partial charge in [-0.05, 0) is 36.4 Å². The molecular weight excluding hydrogens is 392 g/mol. The molecule has 0 unspecified atom stereocenters. The topological polar surface area (TPSA) is 82.2 Å². The second-order valence-corrected chi connectivity index (χ2v) is 6.74. The molecule has 2 aromatic heterocycles. The highest BCUT2D eigenvalue weighted by Gasteiger charge is 2.14. The van der Waals surface area contributed by atoms with Gasteiger partial charge in [-0.3, -0.25) is 4.79 Å². The minimum absolute atomic E-state index is 0.176. The van der Waals surface area contributed by atoms with E-state index in [1.165, 1.54) is 0 Å². The second-order valence-electron chi connectivity index (χ2n) is 6.31. The van der Waals surface area contributed by atoms with Gasteiger partial charge in [0.1, 0.15) is 18.2 Å². The zero-order valence-electron chi connectivity index (χ0n) is 15.5. The third-order valence-corrected chi connectivity index (χ3v) is 4.49. The number of ether oxygens (including phenoxy) is 1. The van der Waals surface area contributed by atoms with Crippen LogP contribution in [0.15, 0.2) is 71.5 Å². The number of nitrogens with zero attached hydrogens (tertiary/aromatic N) is 3. The SMILES string of the molecule is Cn1ccnc1COc1ccc(NC(=O)c2cc(-c3cccc(Cl)c3)on2)cc1. The highest BCUT2D eigenvalue weighted by Crippen LogP contribution is 2.24. The van der Waals surface area contributed by atoms with Crippen molar-refractivity contribution in [2.75, 3.05) is 5.32 Å². The van der Waals surface area contributed by atoms with Crippen molar-refractivity contribution in [3.05, 3.63) is 83.5 Å². The van der Waals surface area contributed by atoms with Crippen LogP contribution in [-0.2, 0) is 13.7 Å². The first-order chi connectivity index (χ1) is 14.1. The summed E-state index contributed by atoms with van der Waals surface area (Å²) in [6.45, 7) is 0.362. The smallest absolute Gasteiger partial charge is 0.277 e. The van der Waals surface area contributed by atoms with E-state index in [1.807, 2.05) is 23.9 Å². The highest BCUT2D eigenvalue weighted by molar-refractivity contribution is 6.30. The van der Waals surface area contributed by atoms with Gasteiger partial charge >= 0.3 is 0 Å². The van der Waals surface area contributed by atoms with E-state index in [9.17, 15) is 4.79 Å². The normalized spacial score (nSPS) is 10.7. The minimum atomic E-state index is -0.372. The maximum atomic E-state index is 12.4. The van der Waals surface area contributed by atoms with Gasteiger partial charge in [-0.1, -0.05) is 28.9 Å². The van der Waals surface area contributed by atoms with Crippen LogP contribution in [-0.4, -0.2) is 20.6 Å². The van der Waals surface area contributed by atoms with Crippen molar-refractivity contribution in [1.29, 1.82) is 0 Å². The molecule has 1 N–H and O–H groups in total. The molecule has 0 bridgehead atoms. The molecule has 8 heteroatoms. The van der Waals surface area contributed by atoms with Gasteiger partial charge in [-0.2, -0.15) is 0 Å². The van der Waals surface area contributed by atoms with Gasteiger partial charge in [-0.25, -0.2) is 4.98 Å². The van der Waals surface area contributed by atoms with E-state index in [-0.39, 0.29) is 11.6 Å². The van der Waals surface area contributed by atoms with Crippen LogP contribution in [0.4, 0.5) is 5.69 Å². The first kappa shape index (κ1) is 18.8. The Kier molecular flexibility index (Phi) is 5.31. The number of halogens is 1. The van der Waals surface area contributed by atoms with Crippen LogP contribution >= 0.6 is 11.6 Å². The summed E-state index contributed by atoms with van der Waals surface area (Å²) < 4.78 is 12.9. The zero-order valence-corrected chi connectivity index (χ0v) is 16.3. The number of anilines is 1. The number of benzene rings is 2. The summed E-state index contributed by atoms with van der Waals surface area (Å²) in [6.07, 6.45) is 3.58. The molecule has 0 atom stereocenters. The maximum Gasteiger partial charge on any atom is 0.277 e. The molecule has 0 saturated heterocycles. The molecule has 0 saturated carbocycles. The molecule has 4 aromatic rings. The van der Waals surface area contributed by atoms with Crippen molar-refractivity contribution in [2.24, 2.45) is 7.05 Å². The Balaban J connectivity index is 1.38. The van der Waals surface area contributed by atoms with Crippen LogP contribution in [0.1, 0.15) is 16.3 Å². The summed E-state index contributed by atoms with van der Waals surface area (Å²) in [5.41, 5.74) is 1.54. The van der Waals surface area contributed by atoms with E-state index < -0.39 is 0 Å². The Bertz CT molecular complexity index is 1130. The molecular formula is C21H17ClN4O3. The molecule has 0 aliphatic carbocycles. The summed E-state index contributed by atoms with van der Waals surface area (Å²) in [7, 11) is 1.91. The van der Waals surface area contributed by atoms with Crippen LogP contribution in [0.5, 0.6) is 5.75 Å². The summed E-state index contributed by atoms with van der Waals surface area (Å²) >= 11 is 5.99. The van der Waals surface area contributed by atoms with Crippen molar-refractivity contribution < 1.29 is 14.1 Å². The molecule has 4 rings (SSSR count). The fourth-order valence-corrected chi connectivity index (χ4v) is 2.86. The van der Waals surface area contributed by atoms with Crippen molar-refractivity contribution in [3.8, 4) is 17.1 Å². The quantitative estimate of drug-likeness (QED) is 0.505. The minimum Gasteiger partial charge on any atom is -0.486 e. The number of carbonyl (C=O) groups excluding carboxylic acids is 1. The third kappa shape index (κ3) is 4.47. The summed E-state index contributed by atoms with van der Waals surface area (Å²) in [6, 6.07) is 15.8. The number of amides is 1. The van der Waals surface area contributed by atoms with E-state index >= 15 is 0 Å². The van der Waals surface area contributed by atoms with E-state index in [0.717, 1.165) is 11.4 Å². The fraction of sp³-hybridized carbons (Fsp3) is 0.0952.